The topological polar surface area (TPSA) is 62.2 Å². The molecule has 2 N–H and O–H groups in total. The van der Waals surface area contributed by atoms with Gasteiger partial charge in [-0.3, -0.25) is 4.79 Å². The smallest absolute Gasteiger partial charge is 0.255 e. The lowest BCUT2D eigenvalue weighted by atomic mass is 10.0. The van der Waals surface area contributed by atoms with E-state index in [9.17, 15) is 9.90 Å². The number of fused-ring (bicyclic) bond motifs is 1. The van der Waals surface area contributed by atoms with Crippen molar-refractivity contribution in [3.63, 3.8) is 0 Å². The summed E-state index contributed by atoms with van der Waals surface area (Å²) in [5, 5.41) is 14.7. The van der Waals surface area contributed by atoms with E-state index in [4.69, 9.17) is 0 Å². The molecule has 0 atom stereocenters. The van der Waals surface area contributed by atoms with Crippen LogP contribution in [0.1, 0.15) is 20.9 Å². The van der Waals surface area contributed by atoms with E-state index in [0.29, 0.717) is 11.9 Å². The highest BCUT2D eigenvalue weighted by Gasteiger charge is 2.14. The Hall–Kier alpha value is -2.40. The summed E-state index contributed by atoms with van der Waals surface area (Å²) in [5.74, 6) is -0.266. The van der Waals surface area contributed by atoms with Gasteiger partial charge in [-0.1, -0.05) is 30.3 Å². The van der Waals surface area contributed by atoms with Crippen LogP contribution in [0.4, 0.5) is 0 Å². The van der Waals surface area contributed by atoms with Crippen molar-refractivity contribution in [1.29, 1.82) is 0 Å². The first-order valence-corrected chi connectivity index (χ1v) is 7.42. The van der Waals surface area contributed by atoms with Crippen molar-refractivity contribution < 1.29 is 9.90 Å². The van der Waals surface area contributed by atoms with E-state index < -0.39 is 0 Å². The molecule has 1 heterocycles. The molecule has 1 amide bonds. The Morgan fingerprint density at radius 3 is 2.86 bits per heavy atom. The molecule has 21 heavy (non-hydrogen) atoms. The Bertz CT molecular complexity index is 811. The second-order valence-electron chi connectivity index (χ2n) is 4.73. The number of thiazole rings is 1. The van der Waals surface area contributed by atoms with E-state index in [2.05, 4.69) is 10.3 Å². The van der Waals surface area contributed by atoms with Gasteiger partial charge in [-0.2, -0.15) is 0 Å². The molecular weight excluding hydrogens is 284 g/mol. The third-order valence-corrected chi connectivity index (χ3v) is 4.33. The summed E-state index contributed by atoms with van der Waals surface area (Å²) in [5.41, 5.74) is 2.96. The molecule has 3 rings (SSSR count). The van der Waals surface area contributed by atoms with Crippen molar-refractivity contribution >= 4 is 28.0 Å². The molecule has 3 aromatic rings. The molecule has 0 saturated heterocycles. The zero-order chi connectivity index (χ0) is 14.8. The van der Waals surface area contributed by atoms with E-state index in [1.807, 2.05) is 31.2 Å². The van der Waals surface area contributed by atoms with Gasteiger partial charge in [0.1, 0.15) is 5.75 Å². The van der Waals surface area contributed by atoms with Crippen LogP contribution in [-0.2, 0) is 6.54 Å². The molecule has 0 aliphatic heterocycles. The minimum Gasteiger partial charge on any atom is -0.506 e. The average molecular weight is 298 g/mol. The number of aryl methyl sites for hydroxylation is 1. The van der Waals surface area contributed by atoms with E-state index >= 15 is 0 Å². The van der Waals surface area contributed by atoms with Crippen LogP contribution in [0.2, 0.25) is 0 Å². The lowest BCUT2D eigenvalue weighted by Gasteiger charge is -2.08. The number of amides is 1. The van der Waals surface area contributed by atoms with Crippen LogP contribution in [-0.4, -0.2) is 16.0 Å². The number of hydrogen-bond acceptors (Lipinski definition) is 4. The highest BCUT2D eigenvalue weighted by molar-refractivity contribution is 7.09. The van der Waals surface area contributed by atoms with Crippen LogP contribution < -0.4 is 5.32 Å². The summed E-state index contributed by atoms with van der Waals surface area (Å²) in [6.45, 7) is 2.33. The number of rotatable bonds is 3. The van der Waals surface area contributed by atoms with E-state index in [1.54, 1.807) is 17.6 Å². The summed E-state index contributed by atoms with van der Waals surface area (Å²) >= 11 is 1.51. The molecule has 4 nitrogen and oxygen atoms in total. The number of aromatic nitrogens is 1. The predicted molar refractivity (Wildman–Crippen MR) is 83.6 cm³/mol. The van der Waals surface area contributed by atoms with Gasteiger partial charge >= 0.3 is 0 Å². The van der Waals surface area contributed by atoms with Crippen molar-refractivity contribution in [3.8, 4) is 5.75 Å². The third-order valence-electron chi connectivity index (χ3n) is 3.40. The molecular formula is C16H14N2O2S. The SMILES string of the molecule is Cc1ncsc1CNC(=O)c1ccc2ccccc2c1O. The summed E-state index contributed by atoms with van der Waals surface area (Å²) in [4.78, 5) is 17.4. The summed E-state index contributed by atoms with van der Waals surface area (Å²) in [6, 6.07) is 10.9. The third kappa shape index (κ3) is 2.60. The van der Waals surface area contributed by atoms with Gasteiger partial charge < -0.3 is 10.4 Å². The maximum absolute atomic E-state index is 12.2. The van der Waals surface area contributed by atoms with Crippen molar-refractivity contribution in [2.24, 2.45) is 0 Å². The van der Waals surface area contributed by atoms with Crippen molar-refractivity contribution in [1.82, 2.24) is 10.3 Å². The van der Waals surface area contributed by atoms with Gasteiger partial charge in [0.2, 0.25) is 0 Å². The minimum absolute atomic E-state index is 0.0200. The molecule has 2 aromatic carbocycles. The van der Waals surface area contributed by atoms with Crippen LogP contribution in [0.5, 0.6) is 5.75 Å². The summed E-state index contributed by atoms with van der Waals surface area (Å²) in [6.07, 6.45) is 0. The molecule has 0 bridgehead atoms. The fourth-order valence-electron chi connectivity index (χ4n) is 2.19. The van der Waals surface area contributed by atoms with Crippen molar-refractivity contribution in [2.45, 2.75) is 13.5 Å². The highest BCUT2D eigenvalue weighted by atomic mass is 32.1. The largest absolute Gasteiger partial charge is 0.506 e. The lowest BCUT2D eigenvalue weighted by Crippen LogP contribution is -2.22. The van der Waals surface area contributed by atoms with Gasteiger partial charge in [0, 0.05) is 10.3 Å². The van der Waals surface area contributed by atoms with Gasteiger partial charge in [-0.25, -0.2) is 4.98 Å². The summed E-state index contributed by atoms with van der Waals surface area (Å²) in [7, 11) is 0. The molecule has 1 aromatic heterocycles. The van der Waals surface area contributed by atoms with E-state index in [0.717, 1.165) is 16.0 Å². The quantitative estimate of drug-likeness (QED) is 0.780. The first kappa shape index (κ1) is 13.6. The zero-order valence-corrected chi connectivity index (χ0v) is 12.3. The Morgan fingerprint density at radius 2 is 2.10 bits per heavy atom. The standard InChI is InChI=1S/C16H14N2O2S/c1-10-14(21-9-18-10)8-17-16(20)13-7-6-11-4-2-3-5-12(11)15(13)19/h2-7,9,19H,8H2,1H3,(H,17,20). The number of hydrogen-bond donors (Lipinski definition) is 2. The van der Waals surface area contributed by atoms with Crippen LogP contribution in [0, 0.1) is 6.92 Å². The van der Waals surface area contributed by atoms with E-state index in [-0.39, 0.29) is 17.2 Å². The van der Waals surface area contributed by atoms with Gasteiger partial charge in [0.05, 0.1) is 23.3 Å². The van der Waals surface area contributed by atoms with Crippen LogP contribution in [0.15, 0.2) is 41.9 Å². The van der Waals surface area contributed by atoms with Gasteiger partial charge in [0.15, 0.2) is 0 Å². The van der Waals surface area contributed by atoms with Crippen LogP contribution >= 0.6 is 11.3 Å². The molecule has 0 radical (unpaired) electrons. The molecule has 0 aliphatic rings. The van der Waals surface area contributed by atoms with Gasteiger partial charge in [-0.15, -0.1) is 11.3 Å². The van der Waals surface area contributed by atoms with Crippen molar-refractivity contribution in [3.05, 3.63) is 58.0 Å². The second kappa shape index (κ2) is 5.54. The maximum Gasteiger partial charge on any atom is 0.255 e. The van der Waals surface area contributed by atoms with Gasteiger partial charge in [0.25, 0.3) is 5.91 Å². The second-order valence-corrected chi connectivity index (χ2v) is 5.67. The Balaban J connectivity index is 1.85. The molecule has 0 aliphatic carbocycles. The fraction of sp³-hybridized carbons (Fsp3) is 0.125. The number of phenols is 1. The number of benzene rings is 2. The molecule has 0 unspecified atom stereocenters. The van der Waals surface area contributed by atoms with Crippen LogP contribution in [0.25, 0.3) is 10.8 Å². The van der Waals surface area contributed by atoms with Crippen molar-refractivity contribution in [2.75, 3.05) is 0 Å². The van der Waals surface area contributed by atoms with E-state index in [1.165, 1.54) is 11.3 Å². The normalized spacial score (nSPS) is 10.7. The molecule has 0 fully saturated rings. The molecule has 5 heteroatoms. The predicted octanol–water partition coefficient (Wildman–Crippen LogP) is 3.24. The first-order valence-electron chi connectivity index (χ1n) is 6.54. The average Bonchev–Trinajstić information content (AvgIpc) is 2.91. The lowest BCUT2D eigenvalue weighted by molar-refractivity contribution is 0.0949. The number of aromatic hydroxyl groups is 1. The zero-order valence-electron chi connectivity index (χ0n) is 11.5. The minimum atomic E-state index is -0.286. The number of nitrogens with one attached hydrogen (secondary N) is 1. The highest BCUT2D eigenvalue weighted by Crippen LogP contribution is 2.28. The monoisotopic (exact) mass is 298 g/mol. The fourth-order valence-corrected chi connectivity index (χ4v) is 2.91. The Kier molecular flexibility index (Phi) is 3.58. The summed E-state index contributed by atoms with van der Waals surface area (Å²) < 4.78 is 0. The van der Waals surface area contributed by atoms with Crippen LogP contribution in [0.3, 0.4) is 0 Å². The Morgan fingerprint density at radius 1 is 1.29 bits per heavy atom. The number of nitrogens with zero attached hydrogens (tertiary/aromatic N) is 1. The molecule has 106 valence electrons. The number of phenolic OH excluding ortho intramolecular Hbond substituents is 1. The van der Waals surface area contributed by atoms with Gasteiger partial charge in [-0.05, 0) is 18.4 Å². The number of carbonyl (C=O) groups excluding carboxylic acids is 1. The number of carbonyl (C=O) groups is 1. The molecule has 0 spiro atoms. The maximum atomic E-state index is 12.2. The Labute approximate surface area is 126 Å². The first-order chi connectivity index (χ1) is 10.2. The molecule has 0 saturated carbocycles.